The second-order valence-corrected chi connectivity index (χ2v) is 9.91. The molecule has 218 valence electrons. The van der Waals surface area contributed by atoms with Crippen LogP contribution in [0.2, 0.25) is 0 Å². The molecule has 0 radical (unpaired) electrons. The molecule has 11 heteroatoms. The Morgan fingerprint density at radius 1 is 0.929 bits per heavy atom. The van der Waals surface area contributed by atoms with Crippen molar-refractivity contribution >= 4 is 27.8 Å². The van der Waals surface area contributed by atoms with Crippen LogP contribution < -0.4 is 25.0 Å². The number of anilines is 1. The summed E-state index contributed by atoms with van der Waals surface area (Å²) in [6, 6.07) is 17.7. The predicted octanol–water partition coefficient (Wildman–Crippen LogP) is 6.89. The van der Waals surface area contributed by atoms with Crippen LogP contribution in [-0.4, -0.2) is 43.5 Å². The van der Waals surface area contributed by atoms with Gasteiger partial charge in [-0.2, -0.15) is 0 Å². The van der Waals surface area contributed by atoms with E-state index in [-0.39, 0.29) is 11.2 Å². The fourth-order valence-electron chi connectivity index (χ4n) is 4.24. The summed E-state index contributed by atoms with van der Waals surface area (Å²) in [6.45, 7) is 3.40. The van der Waals surface area contributed by atoms with Crippen molar-refractivity contribution in [3.05, 3.63) is 94.3 Å². The number of rotatable bonds is 10. The summed E-state index contributed by atoms with van der Waals surface area (Å²) in [5.41, 5.74) is 2.24. The van der Waals surface area contributed by atoms with Crippen LogP contribution in [0, 0.1) is 6.92 Å². The van der Waals surface area contributed by atoms with Crippen LogP contribution in [0.5, 0.6) is 23.0 Å². The summed E-state index contributed by atoms with van der Waals surface area (Å²) >= 11 is 0. The third kappa shape index (κ3) is 7.10. The molecule has 0 aliphatic carbocycles. The highest BCUT2D eigenvalue weighted by molar-refractivity contribution is 5.93. The molecule has 42 heavy (non-hydrogen) atoms. The Hall–Kier alpha value is -4.77. The summed E-state index contributed by atoms with van der Waals surface area (Å²) in [5, 5.41) is 3.98. The molecule has 1 N–H and O–H groups in total. The zero-order chi connectivity index (χ0) is 29.9. The Labute approximate surface area is 239 Å². The van der Waals surface area contributed by atoms with Gasteiger partial charge in [-0.3, -0.25) is 4.79 Å². The van der Waals surface area contributed by atoms with Gasteiger partial charge >= 0.3 is 6.36 Å². The van der Waals surface area contributed by atoms with Crippen LogP contribution in [0.15, 0.2) is 82.1 Å². The highest BCUT2D eigenvalue weighted by Crippen LogP contribution is 2.31. The lowest BCUT2D eigenvalue weighted by Crippen LogP contribution is -2.19. The minimum atomic E-state index is -4.73. The molecular weight excluding hydrogens is 551 g/mol. The minimum absolute atomic E-state index is 0.154. The first kappa shape index (κ1) is 28.7. The van der Waals surface area contributed by atoms with E-state index in [4.69, 9.17) is 13.9 Å². The topological polar surface area (TPSA) is 86.1 Å². The van der Waals surface area contributed by atoms with E-state index in [2.05, 4.69) is 15.0 Å². The van der Waals surface area contributed by atoms with Gasteiger partial charge in [-0.1, -0.05) is 12.1 Å². The van der Waals surface area contributed by atoms with Crippen molar-refractivity contribution in [1.82, 2.24) is 9.88 Å². The van der Waals surface area contributed by atoms with Crippen molar-refractivity contribution in [3.63, 3.8) is 0 Å². The van der Waals surface area contributed by atoms with E-state index in [1.165, 1.54) is 30.5 Å². The summed E-state index contributed by atoms with van der Waals surface area (Å²) in [6.07, 6.45) is -3.20. The predicted molar refractivity (Wildman–Crippen MR) is 154 cm³/mol. The molecule has 5 rings (SSSR count). The van der Waals surface area contributed by atoms with Crippen molar-refractivity contribution < 1.29 is 31.8 Å². The van der Waals surface area contributed by atoms with Gasteiger partial charge < -0.3 is 28.8 Å². The second-order valence-electron chi connectivity index (χ2n) is 9.91. The summed E-state index contributed by atoms with van der Waals surface area (Å²) < 4.78 is 59.0. The first-order valence-corrected chi connectivity index (χ1v) is 13.1. The largest absolute Gasteiger partial charge is 0.573 e. The fourth-order valence-corrected chi connectivity index (χ4v) is 4.24. The van der Waals surface area contributed by atoms with E-state index in [1.807, 2.05) is 32.0 Å². The maximum Gasteiger partial charge on any atom is 0.573 e. The number of pyridine rings is 1. The molecule has 0 aliphatic rings. The van der Waals surface area contributed by atoms with E-state index >= 15 is 0 Å². The average Bonchev–Trinajstić information content (AvgIpc) is 2.93. The number of nitrogens with zero attached hydrogens (tertiary/aromatic N) is 2. The van der Waals surface area contributed by atoms with Crippen LogP contribution in [0.3, 0.4) is 0 Å². The molecule has 2 heterocycles. The molecule has 0 saturated carbocycles. The standard InChI is InChI=1S/C31H28F3N3O5/c1-19-14-25-29(38)24-10-8-22(16-26(24)41-30(25)27(15-19)39-13-12-37(2)3)40-23-9-11-28(36-18-23)35-17-20-4-6-21(7-5-20)42-31(32,33)34/h4-11,14-16,18H,12-13,17H2,1-3H3,(H,35,36). The number of fused-ring (bicyclic) bond motifs is 2. The molecule has 2 aromatic heterocycles. The molecule has 0 atom stereocenters. The van der Waals surface area contributed by atoms with E-state index < -0.39 is 6.36 Å². The van der Waals surface area contributed by atoms with Gasteiger partial charge in [-0.15, -0.1) is 13.2 Å². The SMILES string of the molecule is Cc1cc(OCCN(C)C)c2oc3cc(Oc4ccc(NCc5ccc(OC(F)(F)F)cc5)nc4)ccc3c(=O)c2c1. The van der Waals surface area contributed by atoms with Gasteiger partial charge in [0.25, 0.3) is 0 Å². The molecule has 5 aromatic rings. The quantitative estimate of drug-likeness (QED) is 0.179. The number of ether oxygens (including phenoxy) is 3. The van der Waals surface area contributed by atoms with Crippen LogP contribution in [0.4, 0.5) is 19.0 Å². The maximum absolute atomic E-state index is 13.3. The Balaban J connectivity index is 1.29. The minimum Gasteiger partial charge on any atom is -0.488 e. The van der Waals surface area contributed by atoms with Crippen LogP contribution >= 0.6 is 0 Å². The van der Waals surface area contributed by atoms with Gasteiger partial charge in [0.05, 0.1) is 17.0 Å². The lowest BCUT2D eigenvalue weighted by atomic mass is 10.1. The first-order valence-electron chi connectivity index (χ1n) is 13.1. The Morgan fingerprint density at radius 2 is 1.67 bits per heavy atom. The summed E-state index contributed by atoms with van der Waals surface area (Å²) in [5.74, 6) is 1.69. The molecule has 0 bridgehead atoms. The van der Waals surface area contributed by atoms with Crippen molar-refractivity contribution in [2.24, 2.45) is 0 Å². The maximum atomic E-state index is 13.3. The Kier molecular flexibility index (Phi) is 8.21. The molecule has 0 unspecified atom stereocenters. The third-order valence-electron chi connectivity index (χ3n) is 6.25. The molecule has 0 saturated heterocycles. The van der Waals surface area contributed by atoms with Gasteiger partial charge in [0, 0.05) is 19.2 Å². The molecular formula is C31H28F3N3O5. The number of hydrogen-bond acceptors (Lipinski definition) is 8. The summed E-state index contributed by atoms with van der Waals surface area (Å²) in [4.78, 5) is 19.6. The van der Waals surface area contributed by atoms with E-state index in [0.717, 1.165) is 11.1 Å². The van der Waals surface area contributed by atoms with Crippen molar-refractivity contribution in [2.45, 2.75) is 19.8 Å². The summed E-state index contributed by atoms with van der Waals surface area (Å²) in [7, 11) is 3.91. The van der Waals surface area contributed by atoms with Crippen LogP contribution in [0.25, 0.3) is 21.9 Å². The van der Waals surface area contributed by atoms with Crippen LogP contribution in [0.1, 0.15) is 11.1 Å². The van der Waals surface area contributed by atoms with E-state index in [1.54, 1.807) is 36.4 Å². The highest BCUT2D eigenvalue weighted by Gasteiger charge is 2.30. The molecule has 3 aromatic carbocycles. The Bertz CT molecular complexity index is 1750. The smallest absolute Gasteiger partial charge is 0.488 e. The monoisotopic (exact) mass is 579 g/mol. The van der Waals surface area contributed by atoms with Gasteiger partial charge in [0.15, 0.2) is 11.3 Å². The van der Waals surface area contributed by atoms with Gasteiger partial charge in [-0.25, -0.2) is 4.98 Å². The van der Waals surface area contributed by atoms with E-state index in [9.17, 15) is 18.0 Å². The zero-order valence-corrected chi connectivity index (χ0v) is 23.1. The molecule has 0 amide bonds. The van der Waals surface area contributed by atoms with Gasteiger partial charge in [-0.05, 0) is 80.7 Å². The molecule has 0 spiro atoms. The average molecular weight is 580 g/mol. The number of aromatic nitrogens is 1. The van der Waals surface area contributed by atoms with Gasteiger partial charge in [0.2, 0.25) is 5.43 Å². The third-order valence-corrected chi connectivity index (χ3v) is 6.25. The van der Waals surface area contributed by atoms with Crippen molar-refractivity contribution in [1.29, 1.82) is 0 Å². The number of halogens is 3. The zero-order valence-electron chi connectivity index (χ0n) is 23.1. The number of aryl methyl sites for hydroxylation is 1. The molecule has 8 nitrogen and oxygen atoms in total. The van der Waals surface area contributed by atoms with Crippen molar-refractivity contribution in [3.8, 4) is 23.0 Å². The van der Waals surface area contributed by atoms with E-state index in [0.29, 0.717) is 64.7 Å². The first-order chi connectivity index (χ1) is 20.0. The van der Waals surface area contributed by atoms with Crippen LogP contribution in [-0.2, 0) is 6.54 Å². The number of hydrogen-bond donors (Lipinski definition) is 1. The van der Waals surface area contributed by atoms with Crippen molar-refractivity contribution in [2.75, 3.05) is 32.6 Å². The molecule has 0 aliphatic heterocycles. The fraction of sp³-hybridized carbons (Fsp3) is 0.226. The number of alkyl halides is 3. The second kappa shape index (κ2) is 12.0. The number of likely N-dealkylation sites (N-methyl/N-ethyl adjacent to an activating group) is 1. The number of benzene rings is 3. The number of nitrogens with one attached hydrogen (secondary N) is 1. The van der Waals surface area contributed by atoms with Gasteiger partial charge in [0.1, 0.15) is 35.3 Å². The molecule has 0 fully saturated rings. The lowest BCUT2D eigenvalue weighted by molar-refractivity contribution is -0.274. The lowest BCUT2D eigenvalue weighted by Gasteiger charge is -2.13. The Morgan fingerprint density at radius 3 is 2.36 bits per heavy atom. The normalized spacial score (nSPS) is 11.7. The highest BCUT2D eigenvalue weighted by atomic mass is 19.4.